The zero-order valence-corrected chi connectivity index (χ0v) is 22.1. The van der Waals surface area contributed by atoms with E-state index >= 15 is 0 Å². The summed E-state index contributed by atoms with van der Waals surface area (Å²) in [5.41, 5.74) is 1.27. The second kappa shape index (κ2) is 16.5. The summed E-state index contributed by atoms with van der Waals surface area (Å²) < 4.78 is 10.6. The SMILES string of the molecule is CCNC(=NCC(c1cccc(OC)c1)N1CCCC1)NCCN(C)CCCOC.I. The van der Waals surface area contributed by atoms with Crippen LogP contribution in [0.1, 0.15) is 37.8 Å². The molecule has 2 N–H and O–H groups in total. The molecule has 7 nitrogen and oxygen atoms in total. The van der Waals surface area contributed by atoms with Crippen molar-refractivity contribution >= 4 is 29.9 Å². The number of hydrogen-bond donors (Lipinski definition) is 2. The van der Waals surface area contributed by atoms with Crippen molar-refractivity contribution in [1.29, 1.82) is 0 Å². The maximum absolute atomic E-state index is 5.45. The average molecular weight is 548 g/mol. The lowest BCUT2D eigenvalue weighted by molar-refractivity contribution is 0.180. The Morgan fingerprint density at radius 1 is 1.19 bits per heavy atom. The molecular weight excluding hydrogens is 505 g/mol. The van der Waals surface area contributed by atoms with Gasteiger partial charge in [-0.1, -0.05) is 12.1 Å². The lowest BCUT2D eigenvalue weighted by Gasteiger charge is -2.27. The van der Waals surface area contributed by atoms with Gasteiger partial charge < -0.3 is 25.0 Å². The van der Waals surface area contributed by atoms with E-state index in [1.165, 1.54) is 18.4 Å². The average Bonchev–Trinajstić information content (AvgIpc) is 3.29. The summed E-state index contributed by atoms with van der Waals surface area (Å²) in [6.07, 6.45) is 3.58. The molecule has 8 heteroatoms. The van der Waals surface area contributed by atoms with Gasteiger partial charge >= 0.3 is 0 Å². The maximum Gasteiger partial charge on any atom is 0.191 e. The van der Waals surface area contributed by atoms with Crippen LogP contribution in [0.25, 0.3) is 0 Å². The van der Waals surface area contributed by atoms with Crippen LogP contribution in [0.4, 0.5) is 0 Å². The van der Waals surface area contributed by atoms with E-state index in [0.29, 0.717) is 0 Å². The van der Waals surface area contributed by atoms with Crippen LogP contribution in [0.3, 0.4) is 0 Å². The van der Waals surface area contributed by atoms with Crippen molar-refractivity contribution in [1.82, 2.24) is 20.4 Å². The molecule has 178 valence electrons. The summed E-state index contributed by atoms with van der Waals surface area (Å²) in [7, 11) is 5.62. The normalized spacial score (nSPS) is 15.6. The lowest BCUT2D eigenvalue weighted by atomic mass is 10.1. The molecule has 0 aromatic heterocycles. The molecule has 0 radical (unpaired) electrons. The standard InChI is InChI=1S/C23H41N5O2.HI/c1-5-24-23(25-12-16-27(2)13-9-17-29-3)26-19-22(28-14-6-7-15-28)20-10-8-11-21(18-20)30-4;/h8,10-11,18,22H,5-7,9,12-17,19H2,1-4H3,(H2,24,25,26);1H. The van der Waals surface area contributed by atoms with Gasteiger partial charge in [0.15, 0.2) is 5.96 Å². The fraction of sp³-hybridized carbons (Fsp3) is 0.696. The topological polar surface area (TPSA) is 61.4 Å². The Bertz CT molecular complexity index is 626. The monoisotopic (exact) mass is 547 g/mol. The van der Waals surface area contributed by atoms with E-state index in [0.717, 1.165) is 70.6 Å². The summed E-state index contributed by atoms with van der Waals surface area (Å²) in [6.45, 7) is 9.63. The molecule has 0 aliphatic carbocycles. The number of nitrogens with zero attached hydrogens (tertiary/aromatic N) is 3. The molecule has 31 heavy (non-hydrogen) atoms. The van der Waals surface area contributed by atoms with Crippen molar-refractivity contribution in [3.05, 3.63) is 29.8 Å². The van der Waals surface area contributed by atoms with Crippen molar-refractivity contribution in [3.63, 3.8) is 0 Å². The second-order valence-corrected chi connectivity index (χ2v) is 7.83. The van der Waals surface area contributed by atoms with Crippen LogP contribution >= 0.6 is 24.0 Å². The third kappa shape index (κ3) is 10.4. The summed E-state index contributed by atoms with van der Waals surface area (Å²) in [6, 6.07) is 8.69. The Balaban J connectivity index is 0.00000480. The first-order chi connectivity index (χ1) is 14.7. The highest BCUT2D eigenvalue weighted by molar-refractivity contribution is 14.0. The minimum atomic E-state index is 0. The van der Waals surface area contributed by atoms with Crippen LogP contribution in [0.2, 0.25) is 0 Å². The Hall–Kier alpha value is -1.10. The number of aliphatic imine (C=N–C) groups is 1. The Kier molecular flexibility index (Phi) is 14.9. The molecule has 0 saturated carbocycles. The van der Waals surface area contributed by atoms with Gasteiger partial charge in [0.05, 0.1) is 19.7 Å². The number of ether oxygens (including phenoxy) is 2. The molecule has 2 rings (SSSR count). The van der Waals surface area contributed by atoms with Crippen LogP contribution in [-0.2, 0) is 4.74 Å². The first-order valence-electron chi connectivity index (χ1n) is 11.3. The van der Waals surface area contributed by atoms with E-state index in [9.17, 15) is 0 Å². The zero-order valence-electron chi connectivity index (χ0n) is 19.7. The van der Waals surface area contributed by atoms with Crippen molar-refractivity contribution in [3.8, 4) is 5.75 Å². The number of likely N-dealkylation sites (tertiary alicyclic amines) is 1. The van der Waals surface area contributed by atoms with Crippen LogP contribution in [0.15, 0.2) is 29.3 Å². The third-order valence-electron chi connectivity index (χ3n) is 5.50. The Morgan fingerprint density at radius 2 is 1.97 bits per heavy atom. The molecule has 1 unspecified atom stereocenters. The molecule has 1 fully saturated rings. The Labute approximate surface area is 206 Å². The van der Waals surface area contributed by atoms with E-state index in [4.69, 9.17) is 14.5 Å². The molecule has 1 atom stereocenters. The predicted molar refractivity (Wildman–Crippen MR) is 140 cm³/mol. The summed E-state index contributed by atoms with van der Waals surface area (Å²) in [5.74, 6) is 1.79. The van der Waals surface area contributed by atoms with E-state index in [-0.39, 0.29) is 30.0 Å². The van der Waals surface area contributed by atoms with Crippen molar-refractivity contribution in [2.75, 3.05) is 73.7 Å². The highest BCUT2D eigenvalue weighted by atomic mass is 127. The number of rotatable bonds is 13. The van der Waals surface area contributed by atoms with Crippen molar-refractivity contribution in [2.24, 2.45) is 4.99 Å². The number of nitrogens with one attached hydrogen (secondary N) is 2. The first kappa shape index (κ1) is 27.9. The molecule has 1 aromatic carbocycles. The van der Waals surface area contributed by atoms with Gasteiger partial charge in [0.1, 0.15) is 5.75 Å². The summed E-state index contributed by atoms with van der Waals surface area (Å²) in [5, 5.41) is 6.87. The molecule has 0 spiro atoms. The molecular formula is C23H42IN5O2. The van der Waals surface area contributed by atoms with Crippen LogP contribution in [0.5, 0.6) is 5.75 Å². The van der Waals surface area contributed by atoms with E-state index in [1.54, 1.807) is 14.2 Å². The van der Waals surface area contributed by atoms with E-state index in [1.807, 2.05) is 6.07 Å². The van der Waals surface area contributed by atoms with E-state index < -0.39 is 0 Å². The number of likely N-dealkylation sites (N-methyl/N-ethyl adjacent to an activating group) is 1. The van der Waals surface area contributed by atoms with Gasteiger partial charge in [-0.25, -0.2) is 0 Å². The molecule has 1 saturated heterocycles. The minimum absolute atomic E-state index is 0. The van der Waals surface area contributed by atoms with Crippen LogP contribution in [0, 0.1) is 0 Å². The molecule has 1 aliphatic rings. The van der Waals surface area contributed by atoms with Gasteiger partial charge in [-0.2, -0.15) is 0 Å². The van der Waals surface area contributed by atoms with E-state index in [2.05, 4.69) is 52.6 Å². The fourth-order valence-electron chi connectivity index (χ4n) is 3.81. The minimum Gasteiger partial charge on any atom is -0.497 e. The predicted octanol–water partition coefficient (Wildman–Crippen LogP) is 2.97. The maximum atomic E-state index is 5.45. The van der Waals surface area contributed by atoms with Crippen LogP contribution in [-0.4, -0.2) is 89.4 Å². The Morgan fingerprint density at radius 3 is 2.65 bits per heavy atom. The smallest absolute Gasteiger partial charge is 0.191 e. The number of benzene rings is 1. The van der Waals surface area contributed by atoms with Gasteiger partial charge in [0.2, 0.25) is 0 Å². The van der Waals surface area contributed by atoms with Crippen LogP contribution < -0.4 is 15.4 Å². The molecule has 1 aromatic rings. The number of hydrogen-bond acceptors (Lipinski definition) is 5. The van der Waals surface area contributed by atoms with Gasteiger partial charge in [0.25, 0.3) is 0 Å². The quantitative estimate of drug-likeness (QED) is 0.172. The summed E-state index contributed by atoms with van der Waals surface area (Å²) >= 11 is 0. The zero-order chi connectivity index (χ0) is 21.6. The van der Waals surface area contributed by atoms with Gasteiger partial charge in [0, 0.05) is 39.9 Å². The van der Waals surface area contributed by atoms with Crippen molar-refractivity contribution in [2.45, 2.75) is 32.2 Å². The largest absolute Gasteiger partial charge is 0.497 e. The molecule has 0 amide bonds. The van der Waals surface area contributed by atoms with Gasteiger partial charge in [-0.3, -0.25) is 9.89 Å². The fourth-order valence-corrected chi connectivity index (χ4v) is 3.81. The highest BCUT2D eigenvalue weighted by Crippen LogP contribution is 2.27. The summed E-state index contributed by atoms with van der Waals surface area (Å²) in [4.78, 5) is 9.80. The first-order valence-corrected chi connectivity index (χ1v) is 11.3. The highest BCUT2D eigenvalue weighted by Gasteiger charge is 2.23. The third-order valence-corrected chi connectivity index (χ3v) is 5.50. The van der Waals surface area contributed by atoms with Gasteiger partial charge in [-0.05, 0) is 64.0 Å². The number of methoxy groups -OCH3 is 2. The molecule has 1 aliphatic heterocycles. The molecule has 1 heterocycles. The van der Waals surface area contributed by atoms with Gasteiger partial charge in [-0.15, -0.1) is 24.0 Å². The number of guanidine groups is 1. The second-order valence-electron chi connectivity index (χ2n) is 7.83. The lowest BCUT2D eigenvalue weighted by Crippen LogP contribution is -2.41. The molecule has 0 bridgehead atoms. The number of halogens is 1. The van der Waals surface area contributed by atoms with Crippen molar-refractivity contribution < 1.29 is 9.47 Å².